The fourth-order valence-corrected chi connectivity index (χ4v) is 7.27. The van der Waals surface area contributed by atoms with Crippen LogP contribution in [0, 0.1) is 32.9 Å². The Balaban J connectivity index is 0.00000338. The van der Waals surface area contributed by atoms with Crippen molar-refractivity contribution in [2.24, 2.45) is 4.99 Å². The molecule has 0 saturated carbocycles. The molecule has 3 aliphatic rings. The zero-order valence-electron chi connectivity index (χ0n) is 26.6. The largest absolute Gasteiger partial charge is 2.00 e. The summed E-state index contributed by atoms with van der Waals surface area (Å²) in [5.74, 6) is 2.77. The van der Waals surface area contributed by atoms with Gasteiger partial charge in [-0.05, 0) is 54.2 Å². The van der Waals surface area contributed by atoms with Crippen LogP contribution < -0.4 is 9.64 Å². The maximum Gasteiger partial charge on any atom is 2.00 e. The number of aliphatic imine (C=N–C) groups is 1. The van der Waals surface area contributed by atoms with Gasteiger partial charge in [-0.1, -0.05) is 93.5 Å². The van der Waals surface area contributed by atoms with Gasteiger partial charge in [-0.25, -0.2) is 4.98 Å². The van der Waals surface area contributed by atoms with Crippen LogP contribution in [0.4, 0.5) is 17.2 Å². The van der Waals surface area contributed by atoms with Gasteiger partial charge in [-0.3, -0.25) is 4.99 Å². The average molecular weight is 785 g/mol. The predicted octanol–water partition coefficient (Wildman–Crippen LogP) is 9.34. The number of hydrogen-bond donors (Lipinski definition) is 0. The van der Waals surface area contributed by atoms with Crippen LogP contribution >= 0.6 is 0 Å². The molecule has 0 spiro atoms. The van der Waals surface area contributed by atoms with Gasteiger partial charge in [-0.15, -0.1) is 29.8 Å². The van der Waals surface area contributed by atoms with E-state index < -0.39 is 0 Å². The Morgan fingerprint density at radius 1 is 0.870 bits per heavy atom. The van der Waals surface area contributed by atoms with Gasteiger partial charge in [0.2, 0.25) is 0 Å². The van der Waals surface area contributed by atoms with Crippen molar-refractivity contribution >= 4 is 23.1 Å². The third kappa shape index (κ3) is 5.06. The van der Waals surface area contributed by atoms with E-state index in [-0.39, 0.29) is 38.6 Å². The monoisotopic (exact) mass is 784 g/mol. The SMILES string of the molecule is Cc1cc(Oc2[c-]c(N3c4ccccc4C(C)(C)c4cccnc43)cc(C)c2)[c-]c(C2=N[C@@H]3c4cccc(C)c4CC[C@@H]3O2)c1.[Pt+2]. The first-order valence-corrected chi connectivity index (χ1v) is 15.7. The first-order chi connectivity index (χ1) is 21.8. The van der Waals surface area contributed by atoms with Crippen molar-refractivity contribution in [2.75, 3.05) is 4.90 Å². The number of para-hydroxylation sites is 1. The molecule has 1 aromatic heterocycles. The van der Waals surface area contributed by atoms with E-state index in [1.165, 1.54) is 27.8 Å². The van der Waals surface area contributed by atoms with Crippen LogP contribution in [0.1, 0.15) is 70.8 Å². The number of rotatable bonds is 4. The molecule has 0 N–H and O–H groups in total. The fourth-order valence-electron chi connectivity index (χ4n) is 7.27. The van der Waals surface area contributed by atoms with Gasteiger partial charge < -0.3 is 14.4 Å². The molecule has 0 radical (unpaired) electrons. The first kappa shape index (κ1) is 30.4. The van der Waals surface area contributed by atoms with Gasteiger partial charge in [0, 0.05) is 34.4 Å². The topological polar surface area (TPSA) is 47.0 Å². The van der Waals surface area contributed by atoms with Gasteiger partial charge in [0.05, 0.1) is 0 Å². The molecule has 0 amide bonds. The molecule has 8 rings (SSSR count). The second-order valence-corrected chi connectivity index (χ2v) is 13.0. The van der Waals surface area contributed by atoms with E-state index in [1.807, 2.05) is 24.4 Å². The molecule has 46 heavy (non-hydrogen) atoms. The second kappa shape index (κ2) is 11.5. The van der Waals surface area contributed by atoms with Crippen molar-refractivity contribution in [3.8, 4) is 11.5 Å². The standard InChI is InChI=1S/C40H35N3O2.Pt/c1-24-18-27(39-42-37-32-11-8-10-26(3)31(32)15-16-36(37)45-39)22-29(20-24)44-30-21-25(2)19-28(23-30)43-35-14-7-6-12-33(35)40(4,5)34-13-9-17-41-38(34)43;/h6-14,17-21,36-37H,15-16H2,1-5H3;/q-2;+2/t36-,37+;/m0./s1. The Kier molecular flexibility index (Phi) is 7.64. The van der Waals surface area contributed by atoms with Gasteiger partial charge in [-0.2, -0.15) is 5.56 Å². The molecule has 0 bridgehead atoms. The zero-order chi connectivity index (χ0) is 30.9. The molecule has 6 heteroatoms. The Hall–Kier alpha value is -4.21. The number of aryl methyl sites for hydroxylation is 3. The molecule has 0 unspecified atom stereocenters. The van der Waals surface area contributed by atoms with E-state index in [0.717, 1.165) is 46.7 Å². The van der Waals surface area contributed by atoms with Crippen molar-refractivity contribution in [3.63, 3.8) is 0 Å². The van der Waals surface area contributed by atoms with Crippen molar-refractivity contribution in [2.45, 2.75) is 65.0 Å². The maximum atomic E-state index is 6.51. The molecule has 3 heterocycles. The summed E-state index contributed by atoms with van der Waals surface area (Å²) in [5, 5.41) is 0. The summed E-state index contributed by atoms with van der Waals surface area (Å²) in [6.45, 7) is 10.8. The van der Waals surface area contributed by atoms with Crippen molar-refractivity contribution in [1.29, 1.82) is 0 Å². The van der Waals surface area contributed by atoms with Gasteiger partial charge in [0.25, 0.3) is 0 Å². The number of nitrogens with zero attached hydrogens (tertiary/aromatic N) is 3. The molecule has 4 aromatic carbocycles. The molecule has 232 valence electrons. The molecular weight excluding hydrogens is 750 g/mol. The van der Waals surface area contributed by atoms with Gasteiger partial charge >= 0.3 is 21.1 Å². The number of fused-ring (bicyclic) bond motifs is 5. The summed E-state index contributed by atoms with van der Waals surface area (Å²) in [5.41, 5.74) is 11.2. The summed E-state index contributed by atoms with van der Waals surface area (Å²) < 4.78 is 13.0. The third-order valence-electron chi connectivity index (χ3n) is 9.46. The molecule has 1 aliphatic carbocycles. The Morgan fingerprint density at radius 3 is 2.48 bits per heavy atom. The fraction of sp³-hybridized carbons (Fsp3) is 0.250. The average Bonchev–Trinajstić information content (AvgIpc) is 3.46. The Morgan fingerprint density at radius 2 is 1.63 bits per heavy atom. The molecule has 2 atom stereocenters. The molecule has 0 saturated heterocycles. The minimum atomic E-state index is -0.184. The first-order valence-electron chi connectivity index (χ1n) is 15.7. The van der Waals surface area contributed by atoms with Crippen LogP contribution in [0.2, 0.25) is 0 Å². The minimum Gasteiger partial charge on any atom is -0.514 e. The minimum absolute atomic E-state index is 0. The number of anilines is 3. The summed E-state index contributed by atoms with van der Waals surface area (Å²) in [6.07, 6.45) is 3.88. The van der Waals surface area contributed by atoms with E-state index >= 15 is 0 Å². The number of hydrogen-bond acceptors (Lipinski definition) is 5. The normalized spacial score (nSPS) is 18.6. The van der Waals surface area contributed by atoms with Crippen LogP contribution in [0.5, 0.6) is 11.5 Å². The summed E-state index contributed by atoms with van der Waals surface area (Å²) in [4.78, 5) is 12.1. The smallest absolute Gasteiger partial charge is 0.514 e. The number of pyridine rings is 1. The predicted molar refractivity (Wildman–Crippen MR) is 178 cm³/mol. The molecule has 2 aliphatic heterocycles. The van der Waals surface area contributed by atoms with Gasteiger partial charge in [0.1, 0.15) is 23.9 Å². The van der Waals surface area contributed by atoms with E-state index in [0.29, 0.717) is 17.4 Å². The maximum absolute atomic E-state index is 6.51. The van der Waals surface area contributed by atoms with Crippen LogP contribution in [-0.2, 0) is 37.6 Å². The van der Waals surface area contributed by atoms with Crippen LogP contribution in [-0.4, -0.2) is 17.0 Å². The van der Waals surface area contributed by atoms with Gasteiger partial charge in [0.15, 0.2) is 0 Å². The number of aromatic nitrogens is 1. The summed E-state index contributed by atoms with van der Waals surface area (Å²) in [6, 6.07) is 34.5. The molecule has 0 fully saturated rings. The van der Waals surface area contributed by atoms with Crippen LogP contribution in [0.25, 0.3) is 0 Å². The van der Waals surface area contributed by atoms with E-state index in [1.54, 1.807) is 0 Å². The molecule has 5 nitrogen and oxygen atoms in total. The van der Waals surface area contributed by atoms with Crippen LogP contribution in [0.15, 0.2) is 90.1 Å². The number of ether oxygens (including phenoxy) is 2. The van der Waals surface area contributed by atoms with E-state index in [9.17, 15) is 0 Å². The quantitative estimate of drug-likeness (QED) is 0.171. The second-order valence-electron chi connectivity index (χ2n) is 13.0. The Labute approximate surface area is 285 Å². The van der Waals surface area contributed by atoms with Crippen molar-refractivity contribution < 1.29 is 30.5 Å². The number of benzene rings is 4. The van der Waals surface area contributed by atoms with E-state index in [4.69, 9.17) is 19.5 Å². The molecular formula is C40H35N3O2Pt. The van der Waals surface area contributed by atoms with Crippen LogP contribution in [0.3, 0.4) is 0 Å². The van der Waals surface area contributed by atoms with Crippen molar-refractivity contribution in [1.82, 2.24) is 4.98 Å². The summed E-state index contributed by atoms with van der Waals surface area (Å²) >= 11 is 0. The van der Waals surface area contributed by atoms with E-state index in [2.05, 4.69) is 112 Å². The van der Waals surface area contributed by atoms with Crippen molar-refractivity contribution in [3.05, 3.63) is 142 Å². The molecule has 5 aromatic rings. The summed E-state index contributed by atoms with van der Waals surface area (Å²) in [7, 11) is 0. The third-order valence-corrected chi connectivity index (χ3v) is 9.46. The Bertz CT molecular complexity index is 1970. The zero-order valence-corrected chi connectivity index (χ0v) is 28.9.